The van der Waals surface area contributed by atoms with Gasteiger partial charge in [-0.15, -0.1) is 0 Å². The van der Waals surface area contributed by atoms with E-state index in [1.165, 1.54) is 6.42 Å². The summed E-state index contributed by atoms with van der Waals surface area (Å²) >= 11 is 0. The summed E-state index contributed by atoms with van der Waals surface area (Å²) in [7, 11) is 5.18. The van der Waals surface area contributed by atoms with Crippen LogP contribution in [0.15, 0.2) is 12.1 Å². The predicted molar refractivity (Wildman–Crippen MR) is 50.3 cm³/mol. The first-order chi connectivity index (χ1) is 5.61. The van der Waals surface area contributed by atoms with Crippen LogP contribution in [0.3, 0.4) is 0 Å². The molecular weight excluding hydrogens is 152 g/mol. The van der Waals surface area contributed by atoms with Gasteiger partial charge in [-0.1, -0.05) is 32.4 Å². The highest BCUT2D eigenvalue weighted by Gasteiger charge is 1.94. The van der Waals surface area contributed by atoms with E-state index in [1.54, 1.807) is 19.1 Å². The van der Waals surface area contributed by atoms with Crippen molar-refractivity contribution in [3.8, 4) is 0 Å². The van der Waals surface area contributed by atoms with Crippen LogP contribution in [0, 0.1) is 12.9 Å². The molecule has 1 aromatic rings. The average molecular weight is 165 g/mol. The van der Waals surface area contributed by atoms with Crippen LogP contribution in [0.2, 0.25) is 0 Å². The minimum absolute atomic E-state index is 0.220. The van der Waals surface area contributed by atoms with Crippen molar-refractivity contribution in [1.82, 2.24) is 4.98 Å². The zero-order valence-corrected chi connectivity index (χ0v) is 7.76. The Morgan fingerprint density at radius 3 is 2.25 bits per heavy atom. The lowest BCUT2D eigenvalue weighted by molar-refractivity contribution is 0.578. The molecule has 1 heterocycles. The van der Waals surface area contributed by atoms with Crippen LogP contribution < -0.4 is 5.59 Å². The molecule has 0 N–H and O–H groups in total. The average Bonchev–Trinajstić information content (AvgIpc) is 1.99. The number of aryl methyl sites for hydroxylation is 1. The van der Waals surface area contributed by atoms with E-state index in [0.29, 0.717) is 5.56 Å². The van der Waals surface area contributed by atoms with E-state index in [0.717, 1.165) is 0 Å². The topological polar surface area (TPSA) is 12.9 Å². The van der Waals surface area contributed by atoms with Gasteiger partial charge in [-0.3, -0.25) is 0 Å². The normalized spacial score (nSPS) is 8.67. The van der Waals surface area contributed by atoms with Crippen molar-refractivity contribution < 1.29 is 4.39 Å². The van der Waals surface area contributed by atoms with Crippen molar-refractivity contribution in [2.75, 3.05) is 0 Å². The van der Waals surface area contributed by atoms with Gasteiger partial charge in [0.15, 0.2) is 0 Å². The van der Waals surface area contributed by atoms with Crippen LogP contribution in [0.25, 0.3) is 0 Å². The van der Waals surface area contributed by atoms with E-state index in [9.17, 15) is 4.39 Å². The fourth-order valence-electron chi connectivity index (χ4n) is 0.518. The zero-order chi connectivity index (χ0) is 9.56. The summed E-state index contributed by atoms with van der Waals surface area (Å²) in [6, 6.07) is 3.16. The summed E-state index contributed by atoms with van der Waals surface area (Å²) in [4.78, 5) is 3.38. The molecule has 0 aliphatic carbocycles. The summed E-state index contributed by atoms with van der Waals surface area (Å²) < 4.78 is 12.4. The first kappa shape index (κ1) is 11.1. The Hall–Kier alpha value is -0.855. The minimum Gasteiger partial charge on any atom is -0.236 e. The highest BCUT2D eigenvalue weighted by molar-refractivity contribution is 6.30. The van der Waals surface area contributed by atoms with Gasteiger partial charge in [0.05, 0.1) is 0 Å². The van der Waals surface area contributed by atoms with Crippen molar-refractivity contribution in [1.29, 1.82) is 0 Å². The third kappa shape index (κ3) is 4.11. The van der Waals surface area contributed by atoms with Crippen molar-refractivity contribution in [3.63, 3.8) is 0 Å². The monoisotopic (exact) mass is 165 g/mol. The van der Waals surface area contributed by atoms with Crippen LogP contribution in [-0.4, -0.2) is 12.8 Å². The van der Waals surface area contributed by atoms with Gasteiger partial charge < -0.3 is 0 Å². The Labute approximate surface area is 74.4 Å². The van der Waals surface area contributed by atoms with Gasteiger partial charge in [-0.05, 0) is 12.5 Å². The zero-order valence-electron chi connectivity index (χ0n) is 7.76. The summed E-state index contributed by atoms with van der Waals surface area (Å²) in [5.41, 5.74) is 0.738. The number of halogens is 1. The van der Waals surface area contributed by atoms with Crippen LogP contribution in [0.5, 0.6) is 0 Å². The Bertz CT molecular complexity index is 238. The van der Waals surface area contributed by atoms with Crippen LogP contribution in [0.4, 0.5) is 4.39 Å². The molecule has 1 nitrogen and oxygen atoms in total. The number of hydrogen-bond acceptors (Lipinski definition) is 1. The van der Waals surface area contributed by atoms with Crippen molar-refractivity contribution >= 4 is 13.4 Å². The first-order valence-electron chi connectivity index (χ1n) is 4.00. The number of rotatable bonds is 0. The minimum atomic E-state index is -0.491. The largest absolute Gasteiger partial charge is 0.236 e. The second kappa shape index (κ2) is 5.75. The third-order valence-corrected chi connectivity index (χ3v) is 1.06. The van der Waals surface area contributed by atoms with Gasteiger partial charge in [-0.2, -0.15) is 4.39 Å². The molecule has 1 rings (SSSR count). The molecule has 0 amide bonds. The maximum atomic E-state index is 12.4. The third-order valence-electron chi connectivity index (χ3n) is 1.06. The van der Waals surface area contributed by atoms with Crippen molar-refractivity contribution in [3.05, 3.63) is 23.6 Å². The fourth-order valence-corrected chi connectivity index (χ4v) is 0.518. The molecule has 1 aromatic heterocycles. The summed E-state index contributed by atoms with van der Waals surface area (Å²) in [6.07, 6.45) is 1.25. The van der Waals surface area contributed by atoms with E-state index >= 15 is 0 Å². The quantitative estimate of drug-likeness (QED) is 0.421. The molecule has 0 saturated carbocycles. The van der Waals surface area contributed by atoms with E-state index in [4.69, 9.17) is 7.85 Å². The Balaban J connectivity index is 0.000000354. The molecule has 0 aliphatic heterocycles. The number of nitrogens with zero attached hydrogens (tertiary/aromatic N) is 1. The molecule has 0 aromatic carbocycles. The van der Waals surface area contributed by atoms with Gasteiger partial charge in [0.1, 0.15) is 7.85 Å². The van der Waals surface area contributed by atoms with Gasteiger partial charge in [0, 0.05) is 5.56 Å². The smallest absolute Gasteiger partial charge is 0.215 e. The molecule has 3 heteroatoms. The second-order valence-electron chi connectivity index (χ2n) is 2.55. The maximum absolute atomic E-state index is 12.4. The highest BCUT2D eigenvalue weighted by Crippen LogP contribution is 1.96. The number of pyridine rings is 1. The number of hydrogen-bond donors (Lipinski definition) is 0. The summed E-state index contributed by atoms with van der Waals surface area (Å²) in [5, 5.41) is 0. The lowest BCUT2D eigenvalue weighted by atomic mass is 10.0. The molecule has 12 heavy (non-hydrogen) atoms. The molecule has 64 valence electrons. The Morgan fingerprint density at radius 1 is 1.42 bits per heavy atom. The Morgan fingerprint density at radius 2 is 1.92 bits per heavy atom. The second-order valence-corrected chi connectivity index (χ2v) is 2.55. The molecule has 0 aliphatic rings. The van der Waals surface area contributed by atoms with Gasteiger partial charge in [0.2, 0.25) is 5.95 Å². The molecule has 0 bridgehead atoms. The van der Waals surface area contributed by atoms with E-state index < -0.39 is 5.95 Å². The van der Waals surface area contributed by atoms with Crippen LogP contribution >= 0.6 is 0 Å². The predicted octanol–water partition coefficient (Wildman–Crippen LogP) is 1.74. The molecule has 0 unspecified atom stereocenters. The van der Waals surface area contributed by atoms with Gasteiger partial charge >= 0.3 is 0 Å². The standard InChI is InChI=1S/C6H5BFN.C3H8/c1-4-2-3-5(7)9-6(4)8;1-3-2/h2-3H,1H3;3H2,1-2H3. The SMILES string of the molecule is CCC.[B]c1ccc(C)c(F)n1. The van der Waals surface area contributed by atoms with E-state index in [1.807, 2.05) is 0 Å². The molecule has 0 spiro atoms. The molecular formula is C9H13BFN. The summed E-state index contributed by atoms with van der Waals surface area (Å²) in [6.45, 7) is 5.89. The molecule has 0 saturated heterocycles. The Kier molecular flexibility index (Phi) is 5.34. The maximum Gasteiger partial charge on any atom is 0.215 e. The number of aromatic nitrogens is 1. The molecule has 2 radical (unpaired) electrons. The van der Waals surface area contributed by atoms with Crippen LogP contribution in [0.1, 0.15) is 25.8 Å². The van der Waals surface area contributed by atoms with Crippen LogP contribution in [-0.2, 0) is 0 Å². The molecule has 0 atom stereocenters. The van der Waals surface area contributed by atoms with Gasteiger partial charge in [-0.25, -0.2) is 4.98 Å². The van der Waals surface area contributed by atoms with E-state index in [-0.39, 0.29) is 5.59 Å². The van der Waals surface area contributed by atoms with E-state index in [2.05, 4.69) is 18.8 Å². The van der Waals surface area contributed by atoms with Crippen molar-refractivity contribution in [2.24, 2.45) is 0 Å². The summed E-state index contributed by atoms with van der Waals surface area (Å²) in [5.74, 6) is -0.491. The lowest BCUT2D eigenvalue weighted by Gasteiger charge is -1.94. The lowest BCUT2D eigenvalue weighted by Crippen LogP contribution is -2.09. The first-order valence-corrected chi connectivity index (χ1v) is 4.00. The highest BCUT2D eigenvalue weighted by atomic mass is 19.1. The molecule has 0 fully saturated rings. The fraction of sp³-hybridized carbons (Fsp3) is 0.444. The van der Waals surface area contributed by atoms with Gasteiger partial charge in [0.25, 0.3) is 0 Å². The van der Waals surface area contributed by atoms with Crippen molar-refractivity contribution in [2.45, 2.75) is 27.2 Å².